The van der Waals surface area contributed by atoms with Gasteiger partial charge in [-0.05, 0) is 36.0 Å². The fraction of sp³-hybridized carbons (Fsp3) is 0.556. The smallest absolute Gasteiger partial charge is 0.119 e. The summed E-state index contributed by atoms with van der Waals surface area (Å²) in [7, 11) is 0. The molecule has 0 amide bonds. The number of unbranched alkanes of at least 4 members (excludes halogenated alkanes) is 6. The van der Waals surface area contributed by atoms with Gasteiger partial charge in [0.15, 0.2) is 0 Å². The van der Waals surface area contributed by atoms with Gasteiger partial charge in [0.2, 0.25) is 0 Å². The first-order chi connectivity index (χ1) is 13.5. The van der Waals surface area contributed by atoms with Crippen molar-refractivity contribution >= 4 is 0 Å². The maximum atomic E-state index is 10.8. The minimum atomic E-state index is -0.213. The van der Waals surface area contributed by atoms with E-state index in [1.807, 2.05) is 12.1 Å². The normalized spacial score (nSPS) is 12.9. The maximum Gasteiger partial charge on any atom is 0.119 e. The molecule has 0 saturated carbocycles. The Labute approximate surface area is 173 Å². The molecular formula is C27H40O. The highest BCUT2D eigenvalue weighted by molar-refractivity contribution is 5.51. The molecule has 2 aromatic rings. The van der Waals surface area contributed by atoms with Crippen LogP contribution in [-0.2, 0) is 5.41 Å². The second kappa shape index (κ2) is 11.3. The average Bonchev–Trinajstić information content (AvgIpc) is 2.70. The second-order valence-electron chi connectivity index (χ2n) is 8.75. The van der Waals surface area contributed by atoms with Gasteiger partial charge >= 0.3 is 0 Å². The van der Waals surface area contributed by atoms with Gasteiger partial charge in [0.1, 0.15) is 5.75 Å². The van der Waals surface area contributed by atoms with Crippen LogP contribution in [0.1, 0.15) is 108 Å². The highest BCUT2D eigenvalue weighted by Gasteiger charge is 2.30. The molecule has 0 fully saturated rings. The molecular weight excluding hydrogens is 340 g/mol. The van der Waals surface area contributed by atoms with Gasteiger partial charge in [-0.25, -0.2) is 0 Å². The van der Waals surface area contributed by atoms with E-state index in [2.05, 4.69) is 64.1 Å². The third-order valence-electron chi connectivity index (χ3n) is 6.28. The van der Waals surface area contributed by atoms with Crippen LogP contribution in [0.25, 0.3) is 0 Å². The van der Waals surface area contributed by atoms with Gasteiger partial charge in [-0.3, -0.25) is 0 Å². The van der Waals surface area contributed by atoms with Crippen LogP contribution in [0.15, 0.2) is 48.5 Å². The van der Waals surface area contributed by atoms with Gasteiger partial charge < -0.3 is 5.11 Å². The first-order valence-corrected chi connectivity index (χ1v) is 11.4. The zero-order chi connectivity index (χ0) is 20.4. The predicted molar refractivity (Wildman–Crippen MR) is 122 cm³/mol. The number of aromatic hydroxyl groups is 1. The van der Waals surface area contributed by atoms with E-state index < -0.39 is 0 Å². The van der Waals surface area contributed by atoms with Crippen LogP contribution in [-0.4, -0.2) is 5.11 Å². The molecule has 1 unspecified atom stereocenters. The quantitative estimate of drug-likeness (QED) is 0.367. The molecule has 154 valence electrons. The molecule has 0 aliphatic carbocycles. The molecule has 0 spiro atoms. The van der Waals surface area contributed by atoms with Crippen molar-refractivity contribution in [3.8, 4) is 5.75 Å². The molecule has 1 N–H and O–H groups in total. The molecule has 0 radical (unpaired) electrons. The van der Waals surface area contributed by atoms with Crippen LogP contribution < -0.4 is 0 Å². The molecule has 0 aliphatic heterocycles. The Balaban J connectivity index is 2.15. The summed E-state index contributed by atoms with van der Waals surface area (Å²) >= 11 is 0. The van der Waals surface area contributed by atoms with E-state index in [0.717, 1.165) is 12.0 Å². The van der Waals surface area contributed by atoms with E-state index in [0.29, 0.717) is 11.7 Å². The third kappa shape index (κ3) is 5.87. The van der Waals surface area contributed by atoms with Gasteiger partial charge in [-0.15, -0.1) is 0 Å². The van der Waals surface area contributed by atoms with Crippen molar-refractivity contribution in [3.63, 3.8) is 0 Å². The van der Waals surface area contributed by atoms with E-state index in [1.54, 1.807) is 0 Å². The lowest BCUT2D eigenvalue weighted by Crippen LogP contribution is -2.22. The summed E-state index contributed by atoms with van der Waals surface area (Å²) in [5, 5.41) is 10.8. The van der Waals surface area contributed by atoms with E-state index >= 15 is 0 Å². The number of hydrogen-bond donors (Lipinski definition) is 1. The molecule has 28 heavy (non-hydrogen) atoms. The first kappa shape index (κ1) is 22.5. The van der Waals surface area contributed by atoms with Gasteiger partial charge in [0.05, 0.1) is 0 Å². The fourth-order valence-electron chi connectivity index (χ4n) is 4.51. The summed E-state index contributed by atoms with van der Waals surface area (Å²) in [6, 6.07) is 16.7. The van der Waals surface area contributed by atoms with Gasteiger partial charge in [0.25, 0.3) is 0 Å². The zero-order valence-electron chi connectivity index (χ0n) is 18.5. The van der Waals surface area contributed by atoms with Gasteiger partial charge in [-0.1, -0.05) is 115 Å². The first-order valence-electron chi connectivity index (χ1n) is 11.4. The average molecular weight is 381 g/mol. The largest absolute Gasteiger partial charge is 0.508 e. The Morgan fingerprint density at radius 1 is 0.786 bits per heavy atom. The maximum absolute atomic E-state index is 10.8. The molecule has 0 aliphatic rings. The summed E-state index contributed by atoms with van der Waals surface area (Å²) in [5.41, 5.74) is 3.48. The van der Waals surface area contributed by atoms with Gasteiger partial charge in [-0.2, -0.15) is 0 Å². The molecule has 0 aromatic heterocycles. The summed E-state index contributed by atoms with van der Waals surface area (Å²) < 4.78 is 0. The Bertz CT molecular complexity index is 687. The van der Waals surface area contributed by atoms with E-state index in [1.165, 1.54) is 62.5 Å². The fourth-order valence-corrected chi connectivity index (χ4v) is 4.51. The minimum absolute atomic E-state index is 0.213. The van der Waals surface area contributed by atoms with Crippen molar-refractivity contribution in [1.82, 2.24) is 0 Å². The molecule has 1 nitrogen and oxygen atoms in total. The second-order valence-corrected chi connectivity index (χ2v) is 8.75. The van der Waals surface area contributed by atoms with Crippen LogP contribution in [0.2, 0.25) is 0 Å². The molecule has 2 rings (SSSR count). The van der Waals surface area contributed by atoms with Crippen LogP contribution in [0, 0.1) is 0 Å². The molecule has 1 atom stereocenters. The molecule has 0 saturated heterocycles. The van der Waals surface area contributed by atoms with E-state index in [9.17, 15) is 5.11 Å². The summed E-state index contributed by atoms with van der Waals surface area (Å²) in [5.74, 6) is 0.949. The summed E-state index contributed by atoms with van der Waals surface area (Å²) in [6.45, 7) is 9.04. The van der Waals surface area contributed by atoms with Crippen LogP contribution in [0.5, 0.6) is 5.75 Å². The lowest BCUT2D eigenvalue weighted by Gasteiger charge is -2.32. The topological polar surface area (TPSA) is 20.2 Å². The number of rotatable bonds is 12. The molecule has 0 bridgehead atoms. The summed E-state index contributed by atoms with van der Waals surface area (Å²) in [6.07, 6.45) is 11.8. The minimum Gasteiger partial charge on any atom is -0.508 e. The Hall–Kier alpha value is -1.76. The number of phenols is 1. The molecule has 2 aromatic carbocycles. The van der Waals surface area contributed by atoms with Crippen LogP contribution >= 0.6 is 0 Å². The van der Waals surface area contributed by atoms with Crippen LogP contribution in [0.3, 0.4) is 0 Å². The molecule has 1 heteroatoms. The van der Waals surface area contributed by atoms with Crippen molar-refractivity contribution in [2.24, 2.45) is 0 Å². The lowest BCUT2D eigenvalue weighted by molar-refractivity contribution is 0.444. The molecule has 0 heterocycles. The standard InChI is InChI=1S/C27H40O/c1-5-7-8-9-10-11-13-17-22(6-2)24-20-16-21-25(28)26(24)27(3,4)23-18-14-12-15-19-23/h12,14-16,18-22,28H,5-11,13,17H2,1-4H3. The monoisotopic (exact) mass is 380 g/mol. The van der Waals surface area contributed by atoms with Gasteiger partial charge in [0, 0.05) is 11.0 Å². The van der Waals surface area contributed by atoms with Crippen molar-refractivity contribution in [2.75, 3.05) is 0 Å². The highest BCUT2D eigenvalue weighted by atomic mass is 16.3. The summed E-state index contributed by atoms with van der Waals surface area (Å²) in [4.78, 5) is 0. The number of phenolic OH excluding ortho intramolecular Hbond substituents is 1. The predicted octanol–water partition coefficient (Wildman–Crippen LogP) is 8.35. The SMILES string of the molecule is CCCCCCCCCC(CC)c1cccc(O)c1C(C)(C)c1ccccc1. The van der Waals surface area contributed by atoms with Crippen molar-refractivity contribution < 1.29 is 5.11 Å². The van der Waals surface area contributed by atoms with Crippen molar-refractivity contribution in [1.29, 1.82) is 0 Å². The Kier molecular flexibility index (Phi) is 9.09. The zero-order valence-corrected chi connectivity index (χ0v) is 18.5. The van der Waals surface area contributed by atoms with E-state index in [-0.39, 0.29) is 5.41 Å². The van der Waals surface area contributed by atoms with Crippen molar-refractivity contribution in [3.05, 3.63) is 65.2 Å². The Morgan fingerprint density at radius 2 is 1.43 bits per heavy atom. The highest BCUT2D eigenvalue weighted by Crippen LogP contribution is 2.43. The van der Waals surface area contributed by atoms with Crippen LogP contribution in [0.4, 0.5) is 0 Å². The van der Waals surface area contributed by atoms with Crippen molar-refractivity contribution in [2.45, 2.75) is 96.8 Å². The third-order valence-corrected chi connectivity index (χ3v) is 6.28. The number of hydrogen-bond acceptors (Lipinski definition) is 1. The number of benzene rings is 2. The Morgan fingerprint density at radius 3 is 2.07 bits per heavy atom. The lowest BCUT2D eigenvalue weighted by atomic mass is 9.72. The van der Waals surface area contributed by atoms with E-state index in [4.69, 9.17) is 0 Å².